The molecule has 1 aliphatic heterocycles. The highest BCUT2D eigenvalue weighted by molar-refractivity contribution is 5.74. The Morgan fingerprint density at radius 3 is 2.50 bits per heavy atom. The maximum Gasteiger partial charge on any atom is 0.410 e. The molecule has 0 saturated carbocycles. The number of carbonyl (C=O) groups excluding carboxylic acids is 2. The number of rotatable bonds is 1. The maximum atomic E-state index is 12.2. The largest absolute Gasteiger partial charge is 0.444 e. The first-order chi connectivity index (χ1) is 10.3. The second-order valence-electron chi connectivity index (χ2n) is 5.72. The number of hydrogen-bond acceptors (Lipinski definition) is 5. The lowest BCUT2D eigenvalue weighted by atomic mass is 10.2. The Bertz CT molecular complexity index is 497. The van der Waals surface area contributed by atoms with Crippen molar-refractivity contribution < 1.29 is 18.7 Å². The van der Waals surface area contributed by atoms with Crippen LogP contribution in [0.15, 0.2) is 18.3 Å². The highest BCUT2D eigenvalue weighted by atomic mass is 19.1. The molecule has 0 spiro atoms. The predicted molar refractivity (Wildman–Crippen MR) is 80.3 cm³/mol. The Morgan fingerprint density at radius 1 is 1.41 bits per heavy atom. The average molecular weight is 311 g/mol. The van der Waals surface area contributed by atoms with E-state index in [0.717, 1.165) is 26.2 Å². The molecule has 2 rings (SSSR count). The van der Waals surface area contributed by atoms with Crippen LogP contribution < -0.4 is 5.32 Å². The van der Waals surface area contributed by atoms with Gasteiger partial charge in [0.25, 0.3) is 0 Å². The van der Waals surface area contributed by atoms with E-state index in [9.17, 15) is 14.0 Å². The van der Waals surface area contributed by atoms with Gasteiger partial charge in [0, 0.05) is 32.4 Å². The number of hydrogen-bond donors (Lipinski definition) is 1. The molecular weight excluding hydrogens is 289 g/mol. The fraction of sp³-hybridized carbons (Fsp3) is 0.533. The summed E-state index contributed by atoms with van der Waals surface area (Å²) < 4.78 is 17.5. The van der Waals surface area contributed by atoms with Crippen LogP contribution in [0.4, 0.5) is 9.18 Å². The molecule has 1 amide bonds. The lowest BCUT2D eigenvalue weighted by Crippen LogP contribution is -2.48. The summed E-state index contributed by atoms with van der Waals surface area (Å²) in [6.45, 7) is 8.86. The molecule has 0 bridgehead atoms. The number of nitrogens with zero attached hydrogens (tertiary/aromatic N) is 2. The summed E-state index contributed by atoms with van der Waals surface area (Å²) in [6.07, 6.45) is 1.53. The molecule has 2 heterocycles. The number of ether oxygens (including phenoxy) is 1. The fourth-order valence-electron chi connectivity index (χ4n) is 1.66. The van der Waals surface area contributed by atoms with Crippen LogP contribution in [0.1, 0.15) is 31.1 Å². The highest BCUT2D eigenvalue weighted by Crippen LogP contribution is 2.09. The van der Waals surface area contributed by atoms with Gasteiger partial charge in [0.15, 0.2) is 6.29 Å². The lowest BCUT2D eigenvalue weighted by molar-refractivity contribution is 0.0229. The van der Waals surface area contributed by atoms with Gasteiger partial charge in [-0.15, -0.1) is 0 Å². The molecule has 1 aromatic heterocycles. The van der Waals surface area contributed by atoms with Crippen LogP contribution in [0.25, 0.3) is 0 Å². The van der Waals surface area contributed by atoms with E-state index in [4.69, 9.17) is 4.74 Å². The molecular formula is C15H22FN3O3. The third kappa shape index (κ3) is 6.62. The minimum Gasteiger partial charge on any atom is -0.444 e. The van der Waals surface area contributed by atoms with Crippen molar-refractivity contribution in [3.05, 3.63) is 29.8 Å². The second kappa shape index (κ2) is 8.43. The van der Waals surface area contributed by atoms with Crippen molar-refractivity contribution in [2.24, 2.45) is 0 Å². The topological polar surface area (TPSA) is 71.5 Å². The van der Waals surface area contributed by atoms with E-state index in [1.165, 1.54) is 18.3 Å². The van der Waals surface area contributed by atoms with E-state index in [2.05, 4.69) is 10.3 Å². The summed E-state index contributed by atoms with van der Waals surface area (Å²) in [5, 5.41) is 3.18. The van der Waals surface area contributed by atoms with E-state index >= 15 is 0 Å². The van der Waals surface area contributed by atoms with E-state index in [-0.39, 0.29) is 17.3 Å². The van der Waals surface area contributed by atoms with Gasteiger partial charge >= 0.3 is 6.09 Å². The zero-order valence-electron chi connectivity index (χ0n) is 13.1. The number of halogens is 1. The molecule has 0 aromatic carbocycles. The Balaban J connectivity index is 0.000000235. The van der Waals surface area contributed by atoms with Gasteiger partial charge in [0.2, 0.25) is 5.95 Å². The Morgan fingerprint density at radius 2 is 2.05 bits per heavy atom. The van der Waals surface area contributed by atoms with Crippen molar-refractivity contribution in [3.8, 4) is 0 Å². The highest BCUT2D eigenvalue weighted by Gasteiger charge is 2.22. The number of pyridine rings is 1. The first kappa shape index (κ1) is 18.0. The number of aldehydes is 1. The van der Waals surface area contributed by atoms with E-state index in [1.807, 2.05) is 20.8 Å². The molecule has 0 atom stereocenters. The standard InChI is InChI=1S/C9H18N2O2.C6H4FNO/c1-9(2,3)13-8(12)11-6-4-10-5-7-11;7-6-5(4-9)2-1-3-8-6/h10H,4-7H2,1-3H3;1-4H. The second-order valence-corrected chi connectivity index (χ2v) is 5.72. The predicted octanol–water partition coefficient (Wildman–Crippen LogP) is 1.86. The van der Waals surface area contributed by atoms with Gasteiger partial charge in [0.05, 0.1) is 5.56 Å². The van der Waals surface area contributed by atoms with E-state index in [1.54, 1.807) is 4.90 Å². The van der Waals surface area contributed by atoms with Gasteiger partial charge in [-0.2, -0.15) is 4.39 Å². The normalized spacial score (nSPS) is 14.6. The van der Waals surface area contributed by atoms with Crippen molar-refractivity contribution >= 4 is 12.4 Å². The maximum absolute atomic E-state index is 12.2. The smallest absolute Gasteiger partial charge is 0.410 e. The monoisotopic (exact) mass is 311 g/mol. The third-order valence-corrected chi connectivity index (χ3v) is 2.68. The molecule has 0 aliphatic carbocycles. The van der Waals surface area contributed by atoms with Crippen molar-refractivity contribution in [3.63, 3.8) is 0 Å². The molecule has 1 aromatic rings. The third-order valence-electron chi connectivity index (χ3n) is 2.68. The molecule has 122 valence electrons. The van der Waals surface area contributed by atoms with Crippen LogP contribution in [0.2, 0.25) is 0 Å². The SMILES string of the molecule is CC(C)(C)OC(=O)N1CCNCC1.O=Cc1cccnc1F. The minimum absolute atomic E-state index is 0.00231. The van der Waals surface area contributed by atoms with Gasteiger partial charge in [-0.3, -0.25) is 4.79 Å². The van der Waals surface area contributed by atoms with Crippen molar-refractivity contribution in [2.45, 2.75) is 26.4 Å². The number of amides is 1. The minimum atomic E-state index is -0.715. The molecule has 0 unspecified atom stereocenters. The zero-order valence-corrected chi connectivity index (χ0v) is 13.1. The first-order valence-electron chi connectivity index (χ1n) is 7.08. The quantitative estimate of drug-likeness (QED) is 0.633. The molecule has 6 nitrogen and oxygen atoms in total. The summed E-state index contributed by atoms with van der Waals surface area (Å²) in [5.74, 6) is -0.715. The van der Waals surface area contributed by atoms with Crippen molar-refractivity contribution in [2.75, 3.05) is 26.2 Å². The van der Waals surface area contributed by atoms with Crippen LogP contribution in [0.5, 0.6) is 0 Å². The van der Waals surface area contributed by atoms with Crippen LogP contribution in [-0.4, -0.2) is 54.0 Å². The van der Waals surface area contributed by atoms with Gasteiger partial charge in [0.1, 0.15) is 5.60 Å². The Hall–Kier alpha value is -2.02. The number of carbonyl (C=O) groups is 2. The molecule has 1 aliphatic rings. The summed E-state index contributed by atoms with van der Waals surface area (Å²) in [4.78, 5) is 26.4. The van der Waals surface area contributed by atoms with Gasteiger partial charge < -0.3 is 15.0 Å². The molecule has 1 saturated heterocycles. The van der Waals surface area contributed by atoms with Crippen molar-refractivity contribution in [1.29, 1.82) is 0 Å². The number of piperazine rings is 1. The van der Waals surface area contributed by atoms with Gasteiger partial charge in [-0.1, -0.05) is 0 Å². The van der Waals surface area contributed by atoms with Crippen LogP contribution in [0, 0.1) is 5.95 Å². The average Bonchev–Trinajstić information content (AvgIpc) is 2.48. The summed E-state index contributed by atoms with van der Waals surface area (Å²) >= 11 is 0. The van der Waals surface area contributed by atoms with Crippen LogP contribution in [-0.2, 0) is 4.74 Å². The Kier molecular flexibility index (Phi) is 6.91. The molecule has 0 radical (unpaired) electrons. The summed E-state index contributed by atoms with van der Waals surface area (Å²) in [7, 11) is 0. The van der Waals surface area contributed by atoms with Crippen molar-refractivity contribution in [1.82, 2.24) is 15.2 Å². The number of nitrogens with one attached hydrogen (secondary N) is 1. The zero-order chi connectivity index (χ0) is 16.6. The van der Waals surface area contributed by atoms with Crippen LogP contribution >= 0.6 is 0 Å². The first-order valence-corrected chi connectivity index (χ1v) is 7.08. The molecule has 22 heavy (non-hydrogen) atoms. The summed E-state index contributed by atoms with van der Waals surface area (Å²) in [5.41, 5.74) is -0.389. The fourth-order valence-corrected chi connectivity index (χ4v) is 1.66. The van der Waals surface area contributed by atoms with E-state index < -0.39 is 5.95 Å². The molecule has 1 fully saturated rings. The molecule has 7 heteroatoms. The lowest BCUT2D eigenvalue weighted by Gasteiger charge is -2.30. The molecule has 1 N–H and O–H groups in total. The van der Waals surface area contributed by atoms with Gasteiger partial charge in [-0.05, 0) is 32.9 Å². The van der Waals surface area contributed by atoms with E-state index in [0.29, 0.717) is 6.29 Å². The summed E-state index contributed by atoms with van der Waals surface area (Å²) in [6, 6.07) is 2.88. The van der Waals surface area contributed by atoms with Crippen LogP contribution in [0.3, 0.4) is 0 Å². The Labute approximate surface area is 129 Å². The van der Waals surface area contributed by atoms with Gasteiger partial charge in [-0.25, -0.2) is 9.78 Å². The number of aromatic nitrogens is 1.